The van der Waals surface area contributed by atoms with E-state index < -0.39 is 23.6 Å². The molecular formula is C12H14F3O. The van der Waals surface area contributed by atoms with E-state index in [1.54, 1.807) is 0 Å². The summed E-state index contributed by atoms with van der Waals surface area (Å²) in [5, 5.41) is 8.89. The fraction of sp³-hybridized carbons (Fsp3) is 0.417. The number of aliphatic hydroxyl groups excluding tert-OH is 1. The first kappa shape index (κ1) is 13.0. The van der Waals surface area contributed by atoms with Crippen molar-refractivity contribution in [2.75, 3.05) is 0 Å². The van der Waals surface area contributed by atoms with Crippen molar-refractivity contribution in [2.24, 2.45) is 0 Å². The zero-order valence-electron chi connectivity index (χ0n) is 8.85. The van der Waals surface area contributed by atoms with Gasteiger partial charge in [-0.15, -0.1) is 0 Å². The standard InChI is InChI=1S/C12H14F3O/c1-8(16)4-2-3-5-10-11(14)6-9(13)7-12(10)15/h6-8,16H,1-5H2. The Morgan fingerprint density at radius 3 is 2.19 bits per heavy atom. The van der Waals surface area contributed by atoms with Crippen molar-refractivity contribution in [3.05, 3.63) is 42.1 Å². The number of rotatable bonds is 5. The van der Waals surface area contributed by atoms with Gasteiger partial charge in [0, 0.05) is 17.7 Å². The second-order valence-electron chi connectivity index (χ2n) is 3.75. The molecule has 0 heterocycles. The summed E-state index contributed by atoms with van der Waals surface area (Å²) in [6.45, 7) is 3.39. The van der Waals surface area contributed by atoms with Crippen molar-refractivity contribution in [3.63, 3.8) is 0 Å². The summed E-state index contributed by atoms with van der Waals surface area (Å²) < 4.78 is 38.9. The smallest absolute Gasteiger partial charge is 0.132 e. The van der Waals surface area contributed by atoms with Gasteiger partial charge in [0.05, 0.1) is 6.10 Å². The second kappa shape index (κ2) is 5.89. The quantitative estimate of drug-likeness (QED) is 0.772. The Hall–Kier alpha value is -1.03. The topological polar surface area (TPSA) is 20.2 Å². The number of halogens is 3. The minimum atomic E-state index is -0.910. The summed E-state index contributed by atoms with van der Waals surface area (Å²) in [7, 11) is 0. The molecule has 0 spiro atoms. The molecule has 0 bridgehead atoms. The van der Waals surface area contributed by atoms with Crippen molar-refractivity contribution in [3.8, 4) is 0 Å². The number of unbranched alkanes of at least 4 members (excludes halogenated alkanes) is 1. The molecule has 0 fully saturated rings. The molecule has 4 heteroatoms. The van der Waals surface area contributed by atoms with Gasteiger partial charge in [-0.1, -0.05) is 6.42 Å². The number of benzene rings is 1. The van der Waals surface area contributed by atoms with Crippen LogP contribution in [0, 0.1) is 24.4 Å². The summed E-state index contributed by atoms with van der Waals surface area (Å²) >= 11 is 0. The van der Waals surface area contributed by atoms with Gasteiger partial charge in [-0.25, -0.2) is 13.2 Å². The molecule has 0 amide bonds. The van der Waals surface area contributed by atoms with E-state index in [-0.39, 0.29) is 12.0 Å². The van der Waals surface area contributed by atoms with E-state index in [0.717, 1.165) is 0 Å². The highest BCUT2D eigenvalue weighted by atomic mass is 19.1. The monoisotopic (exact) mass is 231 g/mol. The first-order valence-electron chi connectivity index (χ1n) is 5.15. The maximum atomic E-state index is 13.2. The maximum absolute atomic E-state index is 13.2. The summed E-state index contributed by atoms with van der Waals surface area (Å²) in [4.78, 5) is 0. The van der Waals surface area contributed by atoms with E-state index in [1.165, 1.54) is 0 Å². The fourth-order valence-corrected chi connectivity index (χ4v) is 1.49. The summed E-state index contributed by atoms with van der Waals surface area (Å²) in [5.41, 5.74) is -0.0973. The molecule has 0 aromatic heterocycles. The van der Waals surface area contributed by atoms with Crippen LogP contribution in [0.1, 0.15) is 24.8 Å². The Morgan fingerprint density at radius 2 is 1.69 bits per heavy atom. The van der Waals surface area contributed by atoms with Crippen LogP contribution >= 0.6 is 0 Å². The predicted molar refractivity (Wildman–Crippen MR) is 55.2 cm³/mol. The lowest BCUT2D eigenvalue weighted by atomic mass is 10.0. The Balaban J connectivity index is 2.54. The fourth-order valence-electron chi connectivity index (χ4n) is 1.49. The molecule has 0 saturated heterocycles. The van der Waals surface area contributed by atoms with Gasteiger partial charge < -0.3 is 5.11 Å². The third-order valence-electron chi connectivity index (χ3n) is 2.32. The van der Waals surface area contributed by atoms with Gasteiger partial charge in [-0.3, -0.25) is 0 Å². The Morgan fingerprint density at radius 1 is 1.12 bits per heavy atom. The van der Waals surface area contributed by atoms with E-state index in [2.05, 4.69) is 6.92 Å². The molecule has 0 aliphatic rings. The van der Waals surface area contributed by atoms with Crippen LogP contribution in [0.15, 0.2) is 12.1 Å². The van der Waals surface area contributed by atoms with Gasteiger partial charge in [0.15, 0.2) is 0 Å². The average Bonchev–Trinajstić information content (AvgIpc) is 2.14. The maximum Gasteiger partial charge on any atom is 0.132 e. The van der Waals surface area contributed by atoms with Crippen LogP contribution in [0.2, 0.25) is 0 Å². The third kappa shape index (κ3) is 3.85. The summed E-state index contributed by atoms with van der Waals surface area (Å²) in [6.07, 6.45) is 1.20. The van der Waals surface area contributed by atoms with Crippen LogP contribution < -0.4 is 0 Å². The van der Waals surface area contributed by atoms with E-state index in [0.29, 0.717) is 31.4 Å². The number of hydrogen-bond acceptors (Lipinski definition) is 1. The molecule has 1 N–H and O–H groups in total. The van der Waals surface area contributed by atoms with Crippen LogP contribution in [0.3, 0.4) is 0 Å². The van der Waals surface area contributed by atoms with Gasteiger partial charge >= 0.3 is 0 Å². The molecule has 1 atom stereocenters. The van der Waals surface area contributed by atoms with Crippen molar-refractivity contribution in [2.45, 2.75) is 31.8 Å². The molecule has 1 radical (unpaired) electrons. The highest BCUT2D eigenvalue weighted by Gasteiger charge is 2.10. The summed E-state index contributed by atoms with van der Waals surface area (Å²) in [5.74, 6) is -2.62. The Labute approximate surface area is 92.9 Å². The lowest BCUT2D eigenvalue weighted by Gasteiger charge is -2.06. The van der Waals surface area contributed by atoms with Gasteiger partial charge in [0.2, 0.25) is 0 Å². The first-order valence-corrected chi connectivity index (χ1v) is 5.15. The lowest BCUT2D eigenvalue weighted by Crippen LogP contribution is -2.01. The SMILES string of the molecule is [CH2]C(O)CCCCc1c(F)cc(F)cc1F. The summed E-state index contributed by atoms with van der Waals surface area (Å²) in [6, 6.07) is 1.35. The van der Waals surface area contributed by atoms with Crippen LogP contribution in [0.5, 0.6) is 0 Å². The van der Waals surface area contributed by atoms with Crippen LogP contribution in [0.4, 0.5) is 13.2 Å². The minimum Gasteiger partial charge on any atom is -0.393 e. The van der Waals surface area contributed by atoms with E-state index in [1.807, 2.05) is 0 Å². The highest BCUT2D eigenvalue weighted by Crippen LogP contribution is 2.17. The molecule has 0 saturated carbocycles. The predicted octanol–water partition coefficient (Wildman–Crippen LogP) is 3.01. The van der Waals surface area contributed by atoms with Gasteiger partial charge in [0.1, 0.15) is 17.5 Å². The van der Waals surface area contributed by atoms with Gasteiger partial charge in [-0.05, 0) is 26.2 Å². The largest absolute Gasteiger partial charge is 0.393 e. The van der Waals surface area contributed by atoms with E-state index in [4.69, 9.17) is 5.11 Å². The number of aliphatic hydroxyl groups is 1. The van der Waals surface area contributed by atoms with E-state index in [9.17, 15) is 13.2 Å². The normalized spacial score (nSPS) is 12.8. The highest BCUT2D eigenvalue weighted by molar-refractivity contribution is 5.20. The Bertz CT molecular complexity index is 327. The van der Waals surface area contributed by atoms with Crippen LogP contribution in [0.25, 0.3) is 0 Å². The molecule has 0 aliphatic carbocycles. The van der Waals surface area contributed by atoms with Crippen molar-refractivity contribution in [1.29, 1.82) is 0 Å². The second-order valence-corrected chi connectivity index (χ2v) is 3.75. The number of hydrogen-bond donors (Lipinski definition) is 1. The minimum absolute atomic E-state index is 0.0973. The van der Waals surface area contributed by atoms with E-state index >= 15 is 0 Å². The van der Waals surface area contributed by atoms with Crippen LogP contribution in [-0.4, -0.2) is 11.2 Å². The van der Waals surface area contributed by atoms with Crippen molar-refractivity contribution < 1.29 is 18.3 Å². The first-order chi connectivity index (χ1) is 7.50. The zero-order valence-corrected chi connectivity index (χ0v) is 8.85. The molecule has 89 valence electrons. The Kier molecular flexibility index (Phi) is 4.80. The molecule has 1 nitrogen and oxygen atoms in total. The molecule has 1 aromatic rings. The third-order valence-corrected chi connectivity index (χ3v) is 2.32. The van der Waals surface area contributed by atoms with Gasteiger partial charge in [-0.2, -0.15) is 0 Å². The van der Waals surface area contributed by atoms with Gasteiger partial charge in [0.25, 0.3) is 0 Å². The zero-order chi connectivity index (χ0) is 12.1. The molecule has 1 unspecified atom stereocenters. The lowest BCUT2D eigenvalue weighted by molar-refractivity contribution is 0.206. The average molecular weight is 231 g/mol. The molecule has 0 aliphatic heterocycles. The molecule has 1 rings (SSSR count). The molecule has 16 heavy (non-hydrogen) atoms. The molecular weight excluding hydrogens is 217 g/mol. The van der Waals surface area contributed by atoms with Crippen LogP contribution in [-0.2, 0) is 6.42 Å². The van der Waals surface area contributed by atoms with Crippen molar-refractivity contribution >= 4 is 0 Å². The molecule has 1 aromatic carbocycles. The van der Waals surface area contributed by atoms with Crippen molar-refractivity contribution in [1.82, 2.24) is 0 Å².